The van der Waals surface area contributed by atoms with Gasteiger partial charge in [0.25, 0.3) is 0 Å². The molecule has 2 atom stereocenters. The van der Waals surface area contributed by atoms with Crippen LogP contribution in [-0.2, 0) is 10.3 Å². The minimum absolute atomic E-state index is 0.00258. The molecule has 5 heteroatoms. The maximum atomic E-state index is 13.0. The minimum Gasteiger partial charge on any atom is -0.438 e. The first-order valence-electron chi connectivity index (χ1n) is 9.51. The molecular formula is C22H26BrNO3. The van der Waals surface area contributed by atoms with Gasteiger partial charge in [-0.05, 0) is 42.5 Å². The van der Waals surface area contributed by atoms with E-state index in [1.807, 2.05) is 47.4 Å². The lowest BCUT2D eigenvalue weighted by molar-refractivity contribution is -0.0697. The number of carbonyl (C=O) groups is 1. The molecule has 1 heterocycles. The van der Waals surface area contributed by atoms with E-state index < -0.39 is 5.60 Å². The molecule has 0 bridgehead atoms. The van der Waals surface area contributed by atoms with Gasteiger partial charge in [0.2, 0.25) is 0 Å². The van der Waals surface area contributed by atoms with Crippen molar-refractivity contribution in [3.8, 4) is 0 Å². The van der Waals surface area contributed by atoms with Crippen LogP contribution in [0.2, 0.25) is 0 Å². The monoisotopic (exact) mass is 431 g/mol. The average Bonchev–Trinajstić information content (AvgIpc) is 2.70. The van der Waals surface area contributed by atoms with Gasteiger partial charge in [-0.2, -0.15) is 0 Å². The molecule has 2 aromatic rings. The van der Waals surface area contributed by atoms with Gasteiger partial charge in [0.1, 0.15) is 5.60 Å². The number of halogens is 1. The van der Waals surface area contributed by atoms with Crippen molar-refractivity contribution in [3.05, 3.63) is 70.2 Å². The maximum Gasteiger partial charge on any atom is 0.411 e. The molecule has 0 aromatic heterocycles. The van der Waals surface area contributed by atoms with Crippen LogP contribution in [0.15, 0.2) is 59.1 Å². The van der Waals surface area contributed by atoms with Crippen LogP contribution in [0.3, 0.4) is 0 Å². The summed E-state index contributed by atoms with van der Waals surface area (Å²) in [5, 5.41) is 9.32. The van der Waals surface area contributed by atoms with Crippen LogP contribution >= 0.6 is 15.9 Å². The van der Waals surface area contributed by atoms with Crippen LogP contribution in [0.25, 0.3) is 0 Å². The Morgan fingerprint density at radius 3 is 2.48 bits per heavy atom. The van der Waals surface area contributed by atoms with Gasteiger partial charge >= 0.3 is 6.09 Å². The first kappa shape index (κ1) is 19.9. The zero-order chi connectivity index (χ0) is 19.3. The summed E-state index contributed by atoms with van der Waals surface area (Å²) in [4.78, 5) is 14.9. The molecule has 27 heavy (non-hydrogen) atoms. The molecule has 1 aliphatic heterocycles. The van der Waals surface area contributed by atoms with Crippen LogP contribution in [0.4, 0.5) is 4.79 Å². The van der Waals surface area contributed by atoms with Crippen LogP contribution in [0.5, 0.6) is 0 Å². The van der Waals surface area contributed by atoms with Gasteiger partial charge in [0.05, 0.1) is 6.04 Å². The van der Waals surface area contributed by atoms with E-state index >= 15 is 0 Å². The van der Waals surface area contributed by atoms with E-state index in [0.29, 0.717) is 19.4 Å². The summed E-state index contributed by atoms with van der Waals surface area (Å²) in [5.41, 5.74) is 1.46. The molecule has 1 fully saturated rings. The molecule has 1 amide bonds. The molecule has 144 valence electrons. The van der Waals surface area contributed by atoms with Gasteiger partial charge in [-0.25, -0.2) is 4.79 Å². The van der Waals surface area contributed by atoms with Crippen molar-refractivity contribution < 1.29 is 14.6 Å². The molecule has 1 saturated heterocycles. The molecular weight excluding hydrogens is 406 g/mol. The van der Waals surface area contributed by atoms with E-state index in [2.05, 4.69) is 35.0 Å². The zero-order valence-electron chi connectivity index (χ0n) is 15.6. The number of hydrogen-bond donors (Lipinski definition) is 1. The van der Waals surface area contributed by atoms with Crippen molar-refractivity contribution in [1.29, 1.82) is 0 Å². The number of rotatable bonds is 7. The normalized spacial score (nSPS) is 21.0. The number of benzene rings is 2. The largest absolute Gasteiger partial charge is 0.438 e. The van der Waals surface area contributed by atoms with Gasteiger partial charge in [0, 0.05) is 24.0 Å². The molecule has 4 nitrogen and oxygen atoms in total. The number of cyclic esters (lactones) is 1. The molecule has 0 saturated carbocycles. The first-order chi connectivity index (χ1) is 13.1. The van der Waals surface area contributed by atoms with Crippen LogP contribution in [-0.4, -0.2) is 29.3 Å². The second-order valence-corrected chi connectivity index (χ2v) is 7.89. The van der Waals surface area contributed by atoms with Gasteiger partial charge in [-0.1, -0.05) is 65.3 Å². The Labute approximate surface area is 169 Å². The molecule has 2 unspecified atom stereocenters. The Morgan fingerprint density at radius 2 is 1.89 bits per heavy atom. The molecule has 2 aromatic carbocycles. The summed E-state index contributed by atoms with van der Waals surface area (Å²) in [6.07, 6.45) is 2.49. The van der Waals surface area contributed by atoms with E-state index in [4.69, 9.17) is 4.74 Å². The van der Waals surface area contributed by atoms with Crippen molar-refractivity contribution in [2.24, 2.45) is 0 Å². The summed E-state index contributed by atoms with van der Waals surface area (Å²) >= 11 is 3.46. The number of nitrogens with zero attached hydrogens (tertiary/aromatic N) is 1. The Hall–Kier alpha value is -1.85. The summed E-state index contributed by atoms with van der Waals surface area (Å²) in [7, 11) is 0. The van der Waals surface area contributed by atoms with E-state index in [9.17, 15) is 9.90 Å². The number of aliphatic hydroxyl groups is 1. The Morgan fingerprint density at radius 1 is 1.19 bits per heavy atom. The van der Waals surface area contributed by atoms with Crippen LogP contribution in [0.1, 0.15) is 49.8 Å². The summed E-state index contributed by atoms with van der Waals surface area (Å²) in [6, 6.07) is 18.0. The quantitative estimate of drug-likeness (QED) is 0.637. The minimum atomic E-state index is -0.657. The molecule has 3 rings (SSSR count). The lowest BCUT2D eigenvalue weighted by atomic mass is 9.84. The molecule has 1 N–H and O–H groups in total. The van der Waals surface area contributed by atoms with E-state index in [-0.39, 0.29) is 18.7 Å². The Bertz CT molecular complexity index is 750. The van der Waals surface area contributed by atoms with Crippen molar-refractivity contribution in [2.45, 2.75) is 44.2 Å². The van der Waals surface area contributed by atoms with E-state index in [1.165, 1.54) is 0 Å². The maximum absolute atomic E-state index is 13.0. The van der Waals surface area contributed by atoms with Crippen molar-refractivity contribution in [2.75, 3.05) is 13.2 Å². The van der Waals surface area contributed by atoms with Gasteiger partial charge in [0.15, 0.2) is 0 Å². The van der Waals surface area contributed by atoms with Gasteiger partial charge < -0.3 is 14.7 Å². The summed E-state index contributed by atoms with van der Waals surface area (Å²) < 4.78 is 7.09. The highest BCUT2D eigenvalue weighted by molar-refractivity contribution is 9.10. The first-order valence-corrected chi connectivity index (χ1v) is 10.3. The van der Waals surface area contributed by atoms with Gasteiger partial charge in [-0.15, -0.1) is 0 Å². The second-order valence-electron chi connectivity index (χ2n) is 6.97. The fourth-order valence-electron chi connectivity index (χ4n) is 3.90. The third-order valence-electron chi connectivity index (χ3n) is 5.33. The Kier molecular flexibility index (Phi) is 6.55. The molecule has 0 radical (unpaired) electrons. The third-order valence-corrected chi connectivity index (χ3v) is 5.86. The number of ether oxygens (including phenoxy) is 1. The molecule has 1 aliphatic rings. The second kappa shape index (κ2) is 8.89. The fraction of sp³-hybridized carbons (Fsp3) is 0.409. The number of hydrogen-bond acceptors (Lipinski definition) is 3. The molecule has 0 spiro atoms. The third kappa shape index (κ3) is 4.36. The van der Waals surface area contributed by atoms with E-state index in [1.54, 1.807) is 0 Å². The van der Waals surface area contributed by atoms with Gasteiger partial charge in [-0.3, -0.25) is 0 Å². The predicted octanol–water partition coefficient (Wildman–Crippen LogP) is 5.41. The highest BCUT2D eigenvalue weighted by Gasteiger charge is 2.43. The smallest absolute Gasteiger partial charge is 0.411 e. The SMILES string of the molecule is CCC(c1ccc(Br)cc1)N1CCC(CCCO)(c2ccccc2)OC1=O. The number of aliphatic hydroxyl groups excluding tert-OH is 1. The van der Waals surface area contributed by atoms with Crippen LogP contribution in [0, 0.1) is 0 Å². The molecule has 0 aliphatic carbocycles. The van der Waals surface area contributed by atoms with Crippen molar-refractivity contribution in [3.63, 3.8) is 0 Å². The number of carbonyl (C=O) groups excluding carboxylic acids is 1. The lowest BCUT2D eigenvalue weighted by Gasteiger charge is -2.44. The average molecular weight is 432 g/mol. The number of amides is 1. The van der Waals surface area contributed by atoms with Crippen molar-refractivity contribution >= 4 is 22.0 Å². The highest BCUT2D eigenvalue weighted by Crippen LogP contribution is 2.41. The zero-order valence-corrected chi connectivity index (χ0v) is 17.2. The summed E-state index contributed by atoms with van der Waals surface area (Å²) in [5.74, 6) is 0. The lowest BCUT2D eigenvalue weighted by Crippen LogP contribution is -2.49. The standard InChI is InChI=1S/C22H26BrNO3/c1-2-20(17-9-11-19(23)12-10-17)24-15-14-22(13-6-16-25,27-21(24)26)18-7-4-3-5-8-18/h3-5,7-12,20,25H,2,6,13-16H2,1H3. The highest BCUT2D eigenvalue weighted by atomic mass is 79.9. The van der Waals surface area contributed by atoms with Crippen molar-refractivity contribution in [1.82, 2.24) is 4.90 Å². The predicted molar refractivity (Wildman–Crippen MR) is 109 cm³/mol. The Balaban J connectivity index is 1.83. The topological polar surface area (TPSA) is 49.8 Å². The fourth-order valence-corrected chi connectivity index (χ4v) is 4.17. The summed E-state index contributed by atoms with van der Waals surface area (Å²) in [6.45, 7) is 2.81. The van der Waals surface area contributed by atoms with Crippen LogP contribution < -0.4 is 0 Å². The van der Waals surface area contributed by atoms with E-state index in [0.717, 1.165) is 28.4 Å².